The summed E-state index contributed by atoms with van der Waals surface area (Å²) in [4.78, 5) is 12.3. The largest absolute Gasteiger partial charge is 0.457 e. The summed E-state index contributed by atoms with van der Waals surface area (Å²) in [5, 5.41) is 5.44. The highest BCUT2D eigenvalue weighted by Gasteiger charge is 2.30. The van der Waals surface area contributed by atoms with Crippen LogP contribution in [0, 0.1) is 6.92 Å². The lowest BCUT2D eigenvalue weighted by Crippen LogP contribution is -2.09. The first-order valence-electron chi connectivity index (χ1n) is 10.9. The van der Waals surface area contributed by atoms with Gasteiger partial charge in [0.15, 0.2) is 0 Å². The molecule has 0 fully saturated rings. The molecule has 35 heavy (non-hydrogen) atoms. The Morgan fingerprint density at radius 3 is 2.51 bits per heavy atom. The molecule has 5 nitrogen and oxygen atoms in total. The second kappa shape index (κ2) is 10.4. The van der Waals surface area contributed by atoms with E-state index in [9.17, 15) is 18.0 Å². The topological polar surface area (TPSA) is 53.4 Å². The number of rotatable bonds is 8. The summed E-state index contributed by atoms with van der Waals surface area (Å²) >= 11 is 1.66. The minimum Gasteiger partial charge on any atom is -0.457 e. The number of halogens is 3. The van der Waals surface area contributed by atoms with Crippen molar-refractivity contribution in [1.29, 1.82) is 0 Å². The van der Waals surface area contributed by atoms with Crippen molar-refractivity contribution in [3.8, 4) is 11.4 Å². The summed E-state index contributed by atoms with van der Waals surface area (Å²) in [6.07, 6.45) is -2.26. The van der Waals surface area contributed by atoms with Gasteiger partial charge in [0.05, 0.1) is 16.8 Å². The lowest BCUT2D eigenvalue weighted by molar-refractivity contribution is -0.149. The van der Waals surface area contributed by atoms with Crippen LogP contribution < -0.4 is 4.74 Å². The molecule has 1 heterocycles. The molecular weight excluding hydrogens is 477 g/mol. The Bertz CT molecular complexity index is 1330. The third kappa shape index (κ3) is 6.16. The Hall–Kier alpha value is -3.46. The molecule has 4 aromatic rings. The molecular formula is C26H23F3N2O3S. The van der Waals surface area contributed by atoms with Crippen LogP contribution in [0.3, 0.4) is 0 Å². The van der Waals surface area contributed by atoms with Gasteiger partial charge >= 0.3 is 12.1 Å². The van der Waals surface area contributed by atoms with E-state index in [1.165, 1.54) is 12.1 Å². The van der Waals surface area contributed by atoms with Crippen LogP contribution in [0.1, 0.15) is 30.0 Å². The second-order valence-corrected chi connectivity index (χ2v) is 8.91. The van der Waals surface area contributed by atoms with Crippen molar-refractivity contribution in [2.24, 2.45) is 0 Å². The minimum atomic E-state index is -4.37. The number of fused-ring (bicyclic) bond motifs is 1. The average molecular weight is 501 g/mol. The molecule has 0 unspecified atom stereocenters. The van der Waals surface area contributed by atoms with Crippen LogP contribution in [0.2, 0.25) is 0 Å². The summed E-state index contributed by atoms with van der Waals surface area (Å²) in [5.74, 6) is 1.07. The predicted molar refractivity (Wildman–Crippen MR) is 129 cm³/mol. The third-order valence-corrected chi connectivity index (χ3v) is 6.37. The van der Waals surface area contributed by atoms with Crippen LogP contribution in [0.25, 0.3) is 16.6 Å². The Morgan fingerprint density at radius 1 is 1.06 bits per heavy atom. The van der Waals surface area contributed by atoms with Gasteiger partial charge < -0.3 is 9.47 Å². The van der Waals surface area contributed by atoms with Gasteiger partial charge in [-0.15, -0.1) is 11.8 Å². The van der Waals surface area contributed by atoms with Gasteiger partial charge in [0.2, 0.25) is 6.79 Å². The van der Waals surface area contributed by atoms with Crippen molar-refractivity contribution >= 4 is 28.6 Å². The van der Waals surface area contributed by atoms with E-state index in [2.05, 4.69) is 5.10 Å². The van der Waals surface area contributed by atoms with E-state index in [0.29, 0.717) is 17.9 Å². The van der Waals surface area contributed by atoms with Gasteiger partial charge in [-0.05, 0) is 66.6 Å². The van der Waals surface area contributed by atoms with Crippen molar-refractivity contribution in [2.45, 2.75) is 37.1 Å². The highest BCUT2D eigenvalue weighted by atomic mass is 32.2. The number of benzene rings is 3. The molecule has 0 saturated carbocycles. The van der Waals surface area contributed by atoms with E-state index in [-0.39, 0.29) is 12.8 Å². The minimum absolute atomic E-state index is 0.112. The predicted octanol–water partition coefficient (Wildman–Crippen LogP) is 6.93. The molecule has 0 N–H and O–H groups in total. The second-order valence-electron chi connectivity index (χ2n) is 7.86. The maximum Gasteiger partial charge on any atom is 0.416 e. The van der Waals surface area contributed by atoms with E-state index in [4.69, 9.17) is 9.47 Å². The molecule has 0 aliphatic rings. The molecule has 0 atom stereocenters. The number of alkyl halides is 3. The quantitative estimate of drug-likeness (QED) is 0.149. The number of ether oxygens (including phenoxy) is 2. The highest BCUT2D eigenvalue weighted by molar-refractivity contribution is 7.98. The van der Waals surface area contributed by atoms with Crippen LogP contribution in [0.15, 0.2) is 71.8 Å². The SMILES string of the molecule is CCC(=O)OCOc1ccc(SCc2ccc3cn(-c4ccc(C(F)(F)F)cc4)nc3c2)cc1C. The Labute approximate surface area is 204 Å². The van der Waals surface area contributed by atoms with Gasteiger partial charge in [-0.1, -0.05) is 19.1 Å². The maximum atomic E-state index is 12.8. The molecule has 0 aliphatic heterocycles. The molecule has 9 heteroatoms. The van der Waals surface area contributed by atoms with Gasteiger partial charge in [0, 0.05) is 28.7 Å². The van der Waals surface area contributed by atoms with Crippen LogP contribution in [-0.2, 0) is 21.5 Å². The molecule has 0 bridgehead atoms. The number of esters is 1. The van der Waals surface area contributed by atoms with Crippen LogP contribution in [0.5, 0.6) is 5.75 Å². The molecule has 182 valence electrons. The lowest BCUT2D eigenvalue weighted by atomic mass is 10.2. The first-order valence-corrected chi connectivity index (χ1v) is 11.9. The number of hydrogen-bond acceptors (Lipinski definition) is 5. The maximum absolute atomic E-state index is 12.8. The van der Waals surface area contributed by atoms with E-state index in [1.807, 2.05) is 43.3 Å². The third-order valence-electron chi connectivity index (χ3n) is 5.31. The fraction of sp³-hybridized carbons (Fsp3) is 0.231. The number of nitrogens with zero attached hydrogens (tertiary/aromatic N) is 2. The summed E-state index contributed by atoms with van der Waals surface area (Å²) in [7, 11) is 0. The summed E-state index contributed by atoms with van der Waals surface area (Å²) < 4.78 is 50.5. The molecule has 4 rings (SSSR count). The Morgan fingerprint density at radius 2 is 1.83 bits per heavy atom. The number of carbonyl (C=O) groups excluding carboxylic acids is 1. The van der Waals surface area contributed by atoms with Gasteiger partial charge in [-0.25, -0.2) is 4.68 Å². The molecule has 0 amide bonds. The van der Waals surface area contributed by atoms with Crippen LogP contribution in [-0.4, -0.2) is 22.5 Å². The van der Waals surface area contributed by atoms with E-state index < -0.39 is 11.7 Å². The first-order chi connectivity index (χ1) is 16.7. The number of thioether (sulfide) groups is 1. The number of aromatic nitrogens is 2. The lowest BCUT2D eigenvalue weighted by Gasteiger charge is -2.11. The smallest absolute Gasteiger partial charge is 0.416 e. The molecule has 0 radical (unpaired) electrons. The molecule has 1 aromatic heterocycles. The Kier molecular flexibility index (Phi) is 7.35. The molecule has 3 aromatic carbocycles. The van der Waals surface area contributed by atoms with Crippen LogP contribution in [0.4, 0.5) is 13.2 Å². The average Bonchev–Trinajstić information content (AvgIpc) is 3.27. The summed E-state index contributed by atoms with van der Waals surface area (Å²) in [5.41, 5.74) is 2.65. The first kappa shape index (κ1) is 24.7. The van der Waals surface area contributed by atoms with Crippen molar-refractivity contribution in [3.05, 3.63) is 83.6 Å². The number of hydrogen-bond donors (Lipinski definition) is 0. The van der Waals surface area contributed by atoms with Crippen molar-refractivity contribution in [1.82, 2.24) is 9.78 Å². The summed E-state index contributed by atoms with van der Waals surface area (Å²) in [6, 6.07) is 16.7. The zero-order chi connectivity index (χ0) is 25.0. The van der Waals surface area contributed by atoms with Crippen molar-refractivity contribution in [2.75, 3.05) is 6.79 Å². The molecule has 0 saturated heterocycles. The standard InChI is InChI=1S/C26H23F3N2O3S/c1-3-25(32)34-16-33-24-11-10-22(12-17(24)2)35-15-18-4-5-19-14-31(30-23(19)13-18)21-8-6-20(7-9-21)26(27,28)29/h4-14H,3,15-16H2,1-2H3. The monoisotopic (exact) mass is 500 g/mol. The summed E-state index contributed by atoms with van der Waals surface area (Å²) in [6.45, 7) is 3.54. The zero-order valence-corrected chi connectivity index (χ0v) is 19.9. The van der Waals surface area contributed by atoms with Gasteiger partial charge in [-0.2, -0.15) is 18.3 Å². The zero-order valence-electron chi connectivity index (χ0n) is 19.1. The fourth-order valence-corrected chi connectivity index (χ4v) is 4.33. The normalized spacial score (nSPS) is 11.6. The van der Waals surface area contributed by atoms with Crippen molar-refractivity contribution in [3.63, 3.8) is 0 Å². The number of aryl methyl sites for hydroxylation is 1. The van der Waals surface area contributed by atoms with Gasteiger partial charge in [0.1, 0.15) is 5.75 Å². The highest BCUT2D eigenvalue weighted by Crippen LogP contribution is 2.31. The molecule has 0 spiro atoms. The molecule has 0 aliphatic carbocycles. The van der Waals surface area contributed by atoms with Crippen LogP contribution >= 0.6 is 11.8 Å². The fourth-order valence-electron chi connectivity index (χ4n) is 3.39. The number of carbonyl (C=O) groups is 1. The Balaban J connectivity index is 1.40. The van der Waals surface area contributed by atoms with Crippen molar-refractivity contribution < 1.29 is 27.4 Å². The van der Waals surface area contributed by atoms with E-state index in [0.717, 1.165) is 44.8 Å². The van der Waals surface area contributed by atoms with Gasteiger partial charge in [0.25, 0.3) is 0 Å². The van der Waals surface area contributed by atoms with Gasteiger partial charge in [-0.3, -0.25) is 4.79 Å². The van der Waals surface area contributed by atoms with E-state index in [1.54, 1.807) is 29.6 Å². The van der Waals surface area contributed by atoms with E-state index >= 15 is 0 Å².